The van der Waals surface area contributed by atoms with Crippen LogP contribution in [0.3, 0.4) is 0 Å². The lowest BCUT2D eigenvalue weighted by Gasteiger charge is -2.09. The molecule has 3 aromatic rings. The molecule has 4 nitrogen and oxygen atoms in total. The Kier molecular flexibility index (Phi) is 4.26. The van der Waals surface area contributed by atoms with Gasteiger partial charge >= 0.3 is 0 Å². The van der Waals surface area contributed by atoms with Crippen molar-refractivity contribution in [2.75, 3.05) is 0 Å². The highest BCUT2D eigenvalue weighted by atomic mass is 16.5. The summed E-state index contributed by atoms with van der Waals surface area (Å²) in [7, 11) is 0. The molecule has 4 heteroatoms. The largest absolute Gasteiger partial charge is 0.504 e. The van der Waals surface area contributed by atoms with Gasteiger partial charge in [-0.25, -0.2) is 0 Å². The number of benzene rings is 2. The molecular weight excluding hydrogens is 288 g/mol. The maximum absolute atomic E-state index is 9.82. The van der Waals surface area contributed by atoms with Gasteiger partial charge in [-0.3, -0.25) is 0 Å². The third-order valence-electron chi connectivity index (χ3n) is 4.02. The van der Waals surface area contributed by atoms with E-state index in [4.69, 9.17) is 10.5 Å². The molecule has 0 aliphatic rings. The normalized spacial score (nSPS) is 11.3. The number of aromatic nitrogens is 1. The first kappa shape index (κ1) is 15.4. The van der Waals surface area contributed by atoms with E-state index in [1.54, 1.807) is 18.2 Å². The Labute approximate surface area is 136 Å². The third kappa shape index (κ3) is 3.03. The fraction of sp³-hybridized carbons (Fsp3) is 0.263. The van der Waals surface area contributed by atoms with E-state index in [1.807, 2.05) is 6.07 Å². The average molecular weight is 310 g/mol. The molecule has 3 rings (SSSR count). The Morgan fingerprint density at radius 3 is 2.65 bits per heavy atom. The molecule has 1 heterocycles. The molecule has 120 valence electrons. The summed E-state index contributed by atoms with van der Waals surface area (Å²) in [5, 5.41) is 11.0. The van der Waals surface area contributed by atoms with Crippen molar-refractivity contribution in [2.45, 2.75) is 33.0 Å². The molecule has 0 atom stereocenters. The number of nitrogens with zero attached hydrogens (tertiary/aromatic N) is 1. The predicted octanol–water partition coefficient (Wildman–Crippen LogP) is 3.97. The highest BCUT2D eigenvalue weighted by Gasteiger charge is 2.12. The van der Waals surface area contributed by atoms with Crippen LogP contribution in [0.4, 0.5) is 0 Å². The van der Waals surface area contributed by atoms with Crippen molar-refractivity contribution in [1.82, 2.24) is 4.57 Å². The highest BCUT2D eigenvalue weighted by Crippen LogP contribution is 2.29. The first-order valence-electron chi connectivity index (χ1n) is 7.83. The Morgan fingerprint density at radius 2 is 1.96 bits per heavy atom. The van der Waals surface area contributed by atoms with E-state index in [-0.39, 0.29) is 5.75 Å². The summed E-state index contributed by atoms with van der Waals surface area (Å²) >= 11 is 0. The van der Waals surface area contributed by atoms with Crippen LogP contribution in [0.25, 0.3) is 10.9 Å². The number of fused-ring (bicyclic) bond motifs is 1. The summed E-state index contributed by atoms with van der Waals surface area (Å²) in [5.41, 5.74) is 9.14. The minimum absolute atomic E-state index is 0.158. The highest BCUT2D eigenvalue weighted by molar-refractivity contribution is 5.84. The van der Waals surface area contributed by atoms with Crippen LogP contribution in [0.1, 0.15) is 31.0 Å². The predicted molar refractivity (Wildman–Crippen MR) is 92.7 cm³/mol. The Balaban J connectivity index is 1.96. The second-order valence-electron chi connectivity index (χ2n) is 5.97. The van der Waals surface area contributed by atoms with Gasteiger partial charge in [-0.05, 0) is 37.6 Å². The smallest absolute Gasteiger partial charge is 0.161 e. The summed E-state index contributed by atoms with van der Waals surface area (Å²) in [5.74, 6) is 0.655. The molecule has 0 radical (unpaired) electrons. The molecule has 0 unspecified atom stereocenters. The molecule has 0 saturated carbocycles. The zero-order valence-corrected chi connectivity index (χ0v) is 13.5. The number of para-hydroxylation sites is 2. The van der Waals surface area contributed by atoms with Crippen LogP contribution in [0.15, 0.2) is 48.7 Å². The van der Waals surface area contributed by atoms with Crippen LogP contribution in [0.5, 0.6) is 11.5 Å². The number of nitrogens with two attached hydrogens (primary N) is 1. The van der Waals surface area contributed by atoms with Gasteiger partial charge in [0, 0.05) is 35.2 Å². The van der Waals surface area contributed by atoms with Crippen LogP contribution >= 0.6 is 0 Å². The molecule has 0 aliphatic carbocycles. The van der Waals surface area contributed by atoms with Crippen molar-refractivity contribution in [1.29, 1.82) is 0 Å². The number of hydrogen-bond donors (Lipinski definition) is 2. The number of rotatable bonds is 5. The SMILES string of the molecule is CC(C)n1cc(COc2ccccc2O)c2ccc(CN)cc21. The van der Waals surface area contributed by atoms with Crippen molar-refractivity contribution >= 4 is 10.9 Å². The minimum Gasteiger partial charge on any atom is -0.504 e. The fourth-order valence-corrected chi connectivity index (χ4v) is 2.77. The van der Waals surface area contributed by atoms with Gasteiger partial charge in [0.15, 0.2) is 11.5 Å². The molecule has 0 saturated heterocycles. The molecule has 1 aromatic heterocycles. The van der Waals surface area contributed by atoms with Crippen molar-refractivity contribution in [3.8, 4) is 11.5 Å². The maximum atomic E-state index is 9.82. The number of phenolic OH excluding ortho intramolecular Hbond substituents is 1. The van der Waals surface area contributed by atoms with Crippen molar-refractivity contribution in [2.24, 2.45) is 5.73 Å². The quantitative estimate of drug-likeness (QED) is 0.749. The van der Waals surface area contributed by atoms with Gasteiger partial charge in [-0.2, -0.15) is 0 Å². The van der Waals surface area contributed by atoms with Crippen LogP contribution in [-0.2, 0) is 13.2 Å². The number of aromatic hydroxyl groups is 1. The minimum atomic E-state index is 0.158. The van der Waals surface area contributed by atoms with Crippen molar-refractivity contribution in [3.05, 3.63) is 59.8 Å². The Hall–Kier alpha value is -2.46. The molecular formula is C19H22N2O2. The summed E-state index contributed by atoms with van der Waals surface area (Å²) in [6, 6.07) is 13.7. The zero-order chi connectivity index (χ0) is 16.4. The van der Waals surface area contributed by atoms with Crippen LogP contribution in [0.2, 0.25) is 0 Å². The Bertz CT molecular complexity index is 821. The second kappa shape index (κ2) is 6.34. The lowest BCUT2D eigenvalue weighted by Crippen LogP contribution is -2.00. The number of phenols is 1. The summed E-state index contributed by atoms with van der Waals surface area (Å²) in [6.45, 7) is 5.25. The van der Waals surface area contributed by atoms with E-state index < -0.39 is 0 Å². The van der Waals surface area contributed by atoms with Gasteiger partial charge in [0.25, 0.3) is 0 Å². The second-order valence-corrected chi connectivity index (χ2v) is 5.97. The number of hydrogen-bond acceptors (Lipinski definition) is 3. The van der Waals surface area contributed by atoms with E-state index in [9.17, 15) is 5.11 Å². The van der Waals surface area contributed by atoms with Crippen molar-refractivity contribution in [3.63, 3.8) is 0 Å². The molecule has 23 heavy (non-hydrogen) atoms. The third-order valence-corrected chi connectivity index (χ3v) is 4.02. The van der Waals surface area contributed by atoms with Gasteiger partial charge in [0.2, 0.25) is 0 Å². The lowest BCUT2D eigenvalue weighted by molar-refractivity contribution is 0.290. The van der Waals surface area contributed by atoms with Crippen LogP contribution in [0, 0.1) is 0 Å². The molecule has 0 amide bonds. The molecule has 2 aromatic carbocycles. The van der Waals surface area contributed by atoms with E-state index in [2.05, 4.69) is 42.8 Å². The van der Waals surface area contributed by atoms with Gasteiger partial charge in [0.05, 0.1) is 0 Å². The molecule has 0 aliphatic heterocycles. The maximum Gasteiger partial charge on any atom is 0.161 e. The van der Waals surface area contributed by atoms with Gasteiger partial charge in [-0.1, -0.05) is 24.3 Å². The average Bonchev–Trinajstić information content (AvgIpc) is 2.92. The zero-order valence-electron chi connectivity index (χ0n) is 13.5. The number of ether oxygens (including phenoxy) is 1. The summed E-state index contributed by atoms with van der Waals surface area (Å²) < 4.78 is 8.03. The molecule has 0 fully saturated rings. The van der Waals surface area contributed by atoms with E-state index in [0.717, 1.165) is 16.5 Å². The van der Waals surface area contributed by atoms with Gasteiger partial charge in [-0.15, -0.1) is 0 Å². The van der Waals surface area contributed by atoms with E-state index in [1.165, 1.54) is 5.52 Å². The topological polar surface area (TPSA) is 60.4 Å². The van der Waals surface area contributed by atoms with Gasteiger partial charge < -0.3 is 20.1 Å². The summed E-state index contributed by atoms with van der Waals surface area (Å²) in [6.07, 6.45) is 2.12. The van der Waals surface area contributed by atoms with Crippen LogP contribution in [-0.4, -0.2) is 9.67 Å². The molecule has 0 spiro atoms. The molecule has 0 bridgehead atoms. The first-order valence-corrected chi connectivity index (χ1v) is 7.83. The Morgan fingerprint density at radius 1 is 1.17 bits per heavy atom. The fourth-order valence-electron chi connectivity index (χ4n) is 2.77. The first-order chi connectivity index (χ1) is 11.1. The van der Waals surface area contributed by atoms with E-state index in [0.29, 0.717) is 24.9 Å². The van der Waals surface area contributed by atoms with Crippen LogP contribution < -0.4 is 10.5 Å². The van der Waals surface area contributed by atoms with Crippen molar-refractivity contribution < 1.29 is 9.84 Å². The van der Waals surface area contributed by atoms with Gasteiger partial charge in [0.1, 0.15) is 6.61 Å². The molecule has 3 N–H and O–H groups in total. The summed E-state index contributed by atoms with van der Waals surface area (Å²) in [4.78, 5) is 0. The standard InChI is InChI=1S/C19H22N2O2/c1-13(2)21-11-15(12-23-19-6-4-3-5-18(19)22)16-8-7-14(10-20)9-17(16)21/h3-9,11,13,22H,10,12,20H2,1-2H3. The lowest BCUT2D eigenvalue weighted by atomic mass is 10.1. The monoisotopic (exact) mass is 310 g/mol. The van der Waals surface area contributed by atoms with E-state index >= 15 is 0 Å².